The highest BCUT2D eigenvalue weighted by molar-refractivity contribution is 5.22. The van der Waals surface area contributed by atoms with Gasteiger partial charge in [0.25, 0.3) is 0 Å². The van der Waals surface area contributed by atoms with Crippen LogP contribution < -0.4 is 10.1 Å². The summed E-state index contributed by atoms with van der Waals surface area (Å²) in [7, 11) is 4.13. The van der Waals surface area contributed by atoms with E-state index in [2.05, 4.69) is 63.9 Å². The zero-order valence-electron chi connectivity index (χ0n) is 13.9. The third-order valence-corrected chi connectivity index (χ3v) is 3.39. The number of nitrogens with zero attached hydrogens (tertiary/aromatic N) is 2. The summed E-state index contributed by atoms with van der Waals surface area (Å²) in [6.45, 7) is 12.2. The second-order valence-electron chi connectivity index (χ2n) is 7.08. The van der Waals surface area contributed by atoms with Gasteiger partial charge in [-0.15, -0.1) is 0 Å². The maximum Gasteiger partial charge on any atom is 0.122 e. The number of likely N-dealkylation sites (N-methyl/N-ethyl adjacent to an activating group) is 1. The molecule has 0 aliphatic heterocycles. The van der Waals surface area contributed by atoms with E-state index in [0.717, 1.165) is 18.0 Å². The summed E-state index contributed by atoms with van der Waals surface area (Å²) in [6.07, 6.45) is 1.80. The van der Waals surface area contributed by atoms with Crippen LogP contribution in [0.1, 0.15) is 40.3 Å². The average Bonchev–Trinajstić information content (AvgIpc) is 2.34. The molecular weight excluding hydrogens is 250 g/mol. The van der Waals surface area contributed by atoms with Gasteiger partial charge in [-0.2, -0.15) is 0 Å². The van der Waals surface area contributed by atoms with Crippen LogP contribution in [0.2, 0.25) is 0 Å². The summed E-state index contributed by atoms with van der Waals surface area (Å²) in [5.41, 5.74) is 1.10. The fourth-order valence-electron chi connectivity index (χ4n) is 1.39. The zero-order valence-corrected chi connectivity index (χ0v) is 13.9. The molecule has 0 spiro atoms. The molecule has 4 heteroatoms. The monoisotopic (exact) mass is 279 g/mol. The molecule has 0 fully saturated rings. The van der Waals surface area contributed by atoms with Gasteiger partial charge >= 0.3 is 0 Å². The van der Waals surface area contributed by atoms with E-state index in [0.29, 0.717) is 6.61 Å². The number of hydrogen-bond acceptors (Lipinski definition) is 4. The Bertz CT molecular complexity index is 422. The Morgan fingerprint density at radius 2 is 1.85 bits per heavy atom. The van der Waals surface area contributed by atoms with E-state index in [1.54, 1.807) is 6.20 Å². The third-order valence-electron chi connectivity index (χ3n) is 3.39. The topological polar surface area (TPSA) is 37.4 Å². The molecule has 1 aromatic heterocycles. The van der Waals surface area contributed by atoms with Gasteiger partial charge in [0.15, 0.2) is 0 Å². The van der Waals surface area contributed by atoms with Gasteiger partial charge in [-0.25, -0.2) is 0 Å². The SMILES string of the molecule is CN(C)C(C)(C)COc1ccnc(CNC(C)(C)C)c1. The molecule has 0 saturated carbocycles. The molecule has 0 atom stereocenters. The Balaban J connectivity index is 2.60. The van der Waals surface area contributed by atoms with Gasteiger partial charge in [0, 0.05) is 29.9 Å². The van der Waals surface area contributed by atoms with Gasteiger partial charge in [0.2, 0.25) is 0 Å². The van der Waals surface area contributed by atoms with Crippen molar-refractivity contribution in [3.8, 4) is 5.75 Å². The van der Waals surface area contributed by atoms with Crippen molar-refractivity contribution in [1.29, 1.82) is 0 Å². The van der Waals surface area contributed by atoms with Crippen LogP contribution in [-0.4, -0.2) is 41.7 Å². The molecule has 1 aromatic rings. The minimum absolute atomic E-state index is 0.00704. The Labute approximate surface area is 123 Å². The smallest absolute Gasteiger partial charge is 0.122 e. The van der Waals surface area contributed by atoms with Crippen molar-refractivity contribution in [3.63, 3.8) is 0 Å². The van der Waals surface area contributed by atoms with Gasteiger partial charge < -0.3 is 15.0 Å². The molecule has 4 nitrogen and oxygen atoms in total. The lowest BCUT2D eigenvalue weighted by molar-refractivity contribution is 0.114. The van der Waals surface area contributed by atoms with Crippen molar-refractivity contribution in [1.82, 2.24) is 15.2 Å². The van der Waals surface area contributed by atoms with Crippen LogP contribution in [0.3, 0.4) is 0 Å². The predicted molar refractivity (Wildman–Crippen MR) is 84.1 cm³/mol. The van der Waals surface area contributed by atoms with Crippen molar-refractivity contribution in [3.05, 3.63) is 24.0 Å². The standard InChI is InChI=1S/C16H29N3O/c1-15(2,3)18-11-13-10-14(8-9-17-13)20-12-16(4,5)19(6)7/h8-10,18H,11-12H2,1-7H3. The first-order chi connectivity index (χ1) is 9.10. The lowest BCUT2D eigenvalue weighted by Crippen LogP contribution is -2.43. The summed E-state index contributed by atoms with van der Waals surface area (Å²) in [5.74, 6) is 0.876. The Morgan fingerprint density at radius 1 is 1.20 bits per heavy atom. The van der Waals surface area contributed by atoms with Gasteiger partial charge in [0.1, 0.15) is 12.4 Å². The molecule has 1 heterocycles. The van der Waals surface area contributed by atoms with Crippen molar-refractivity contribution in [2.45, 2.75) is 52.2 Å². The number of nitrogens with one attached hydrogen (secondary N) is 1. The highest BCUT2D eigenvalue weighted by Gasteiger charge is 2.21. The molecular formula is C16H29N3O. The first-order valence-corrected chi connectivity index (χ1v) is 7.10. The van der Waals surface area contributed by atoms with E-state index < -0.39 is 0 Å². The average molecular weight is 279 g/mol. The quantitative estimate of drug-likeness (QED) is 0.869. The Kier molecular flexibility index (Phi) is 5.54. The minimum Gasteiger partial charge on any atom is -0.492 e. The molecule has 0 bridgehead atoms. The molecule has 20 heavy (non-hydrogen) atoms. The first-order valence-electron chi connectivity index (χ1n) is 7.10. The van der Waals surface area contributed by atoms with E-state index in [9.17, 15) is 0 Å². The largest absolute Gasteiger partial charge is 0.492 e. The number of rotatable bonds is 6. The molecule has 0 amide bonds. The van der Waals surface area contributed by atoms with E-state index in [1.165, 1.54) is 0 Å². The van der Waals surface area contributed by atoms with Crippen LogP contribution >= 0.6 is 0 Å². The second-order valence-corrected chi connectivity index (χ2v) is 7.08. The summed E-state index contributed by atoms with van der Waals surface area (Å²) in [5, 5.41) is 3.43. The number of pyridine rings is 1. The Morgan fingerprint density at radius 3 is 2.40 bits per heavy atom. The lowest BCUT2D eigenvalue weighted by Gasteiger charge is -2.32. The molecule has 1 rings (SSSR count). The number of aromatic nitrogens is 1. The fraction of sp³-hybridized carbons (Fsp3) is 0.688. The lowest BCUT2D eigenvalue weighted by atomic mass is 10.1. The Hall–Kier alpha value is -1.13. The maximum absolute atomic E-state index is 5.90. The van der Waals surface area contributed by atoms with Gasteiger partial charge in [-0.05, 0) is 54.8 Å². The van der Waals surface area contributed by atoms with Crippen molar-refractivity contribution >= 4 is 0 Å². The number of ether oxygens (including phenoxy) is 1. The van der Waals surface area contributed by atoms with Crippen LogP contribution in [0.25, 0.3) is 0 Å². The predicted octanol–water partition coefficient (Wildman–Crippen LogP) is 2.69. The zero-order chi connectivity index (χ0) is 15.4. The number of hydrogen-bond donors (Lipinski definition) is 1. The van der Waals surface area contributed by atoms with Crippen LogP contribution in [0.4, 0.5) is 0 Å². The van der Waals surface area contributed by atoms with Crippen LogP contribution in [0, 0.1) is 0 Å². The molecule has 0 saturated heterocycles. The first kappa shape index (κ1) is 16.9. The maximum atomic E-state index is 5.90. The van der Waals surface area contributed by atoms with E-state index in [-0.39, 0.29) is 11.1 Å². The van der Waals surface area contributed by atoms with E-state index in [1.807, 2.05) is 12.1 Å². The summed E-state index contributed by atoms with van der Waals surface area (Å²) in [6, 6.07) is 3.91. The highest BCUT2D eigenvalue weighted by Crippen LogP contribution is 2.16. The van der Waals surface area contributed by atoms with E-state index in [4.69, 9.17) is 4.74 Å². The fourth-order valence-corrected chi connectivity index (χ4v) is 1.39. The molecule has 1 N–H and O–H groups in total. The molecule has 114 valence electrons. The van der Waals surface area contributed by atoms with Crippen LogP contribution in [-0.2, 0) is 6.54 Å². The van der Waals surface area contributed by atoms with E-state index >= 15 is 0 Å². The van der Waals surface area contributed by atoms with Crippen LogP contribution in [0.15, 0.2) is 18.3 Å². The minimum atomic E-state index is 0.00704. The molecule has 0 aliphatic carbocycles. The van der Waals surface area contributed by atoms with Crippen molar-refractivity contribution in [2.24, 2.45) is 0 Å². The molecule has 0 aliphatic rings. The summed E-state index contributed by atoms with van der Waals surface area (Å²) in [4.78, 5) is 6.53. The van der Waals surface area contributed by atoms with Gasteiger partial charge in [0.05, 0.1) is 5.69 Å². The molecule has 0 radical (unpaired) electrons. The third kappa shape index (κ3) is 5.88. The molecule has 0 unspecified atom stereocenters. The summed E-state index contributed by atoms with van der Waals surface area (Å²) < 4.78 is 5.90. The van der Waals surface area contributed by atoms with Crippen LogP contribution in [0.5, 0.6) is 5.75 Å². The normalized spacial score (nSPS) is 12.8. The second kappa shape index (κ2) is 6.55. The van der Waals surface area contributed by atoms with Crippen molar-refractivity contribution in [2.75, 3.05) is 20.7 Å². The van der Waals surface area contributed by atoms with Gasteiger partial charge in [-0.1, -0.05) is 0 Å². The summed E-state index contributed by atoms with van der Waals surface area (Å²) >= 11 is 0. The highest BCUT2D eigenvalue weighted by atomic mass is 16.5. The van der Waals surface area contributed by atoms with Crippen molar-refractivity contribution < 1.29 is 4.74 Å². The molecule has 0 aromatic carbocycles. The van der Waals surface area contributed by atoms with Gasteiger partial charge in [-0.3, -0.25) is 4.98 Å².